The Balaban J connectivity index is 1.56. The smallest absolute Gasteiger partial charge is 0.0822 e. The highest BCUT2D eigenvalue weighted by atomic mass is 16.5. The summed E-state index contributed by atoms with van der Waals surface area (Å²) < 4.78 is 5.69. The van der Waals surface area contributed by atoms with Crippen molar-refractivity contribution < 1.29 is 4.74 Å². The highest BCUT2D eigenvalue weighted by molar-refractivity contribution is 6.31. The third kappa shape index (κ3) is 5.72. The minimum Gasteiger partial charge on any atom is -0.376 e. The topological polar surface area (TPSA) is 60.0 Å². The Bertz CT molecular complexity index is 702. The van der Waals surface area contributed by atoms with Crippen LogP contribution in [0.4, 0.5) is 0 Å². The van der Waals surface area contributed by atoms with Gasteiger partial charge in [-0.15, -0.1) is 0 Å². The Labute approximate surface area is 150 Å². The fourth-order valence-corrected chi connectivity index (χ4v) is 2.93. The largest absolute Gasteiger partial charge is 0.376 e. The highest BCUT2D eigenvalue weighted by Gasteiger charge is 2.17. The van der Waals surface area contributed by atoms with Crippen LogP contribution in [0.15, 0.2) is 28.3 Å². The number of hydrogen-bond acceptors (Lipinski definition) is 4. The van der Waals surface area contributed by atoms with Gasteiger partial charge >= 0.3 is 0 Å². The van der Waals surface area contributed by atoms with Crippen LogP contribution in [0.3, 0.4) is 0 Å². The molecule has 1 saturated heterocycles. The number of ether oxygens (including phenoxy) is 1. The second-order valence-electron chi connectivity index (χ2n) is 6.96. The summed E-state index contributed by atoms with van der Waals surface area (Å²) in [7, 11) is 0. The summed E-state index contributed by atoms with van der Waals surface area (Å²) in [5.74, 6) is 12.7. The number of rotatable bonds is 5. The number of aliphatic imine (C=N–C) groups is 1. The minimum atomic E-state index is 0.245. The first-order chi connectivity index (χ1) is 12.2. The van der Waals surface area contributed by atoms with Gasteiger partial charge in [-0.1, -0.05) is 17.9 Å². The zero-order valence-electron chi connectivity index (χ0n) is 15.0. The molecule has 1 saturated carbocycles. The van der Waals surface area contributed by atoms with E-state index in [9.17, 15) is 0 Å². The normalized spacial score (nSPS) is 21.2. The predicted molar refractivity (Wildman–Crippen MR) is 103 cm³/mol. The molecule has 3 rings (SSSR count). The molecule has 1 aromatic rings. The standard InChI is InChI=1S/C21H27N3O/c1-16-12-18(8-7-17-5-6-17)9-10-19(16)13-20(24-22)14-23-15-21-4-2-3-11-25-21/h9-10,12,14,17,21H,2-6,11,13,15,22H2,1H3/b23-14?,24-20-. The molecule has 1 heterocycles. The number of nitrogens with zero attached hydrogens (tertiary/aromatic N) is 2. The van der Waals surface area contributed by atoms with Crippen molar-refractivity contribution in [1.29, 1.82) is 0 Å². The molecule has 1 unspecified atom stereocenters. The Morgan fingerprint density at radius 3 is 2.88 bits per heavy atom. The van der Waals surface area contributed by atoms with Crippen molar-refractivity contribution in [2.24, 2.45) is 21.9 Å². The number of aryl methyl sites for hydroxylation is 1. The van der Waals surface area contributed by atoms with Gasteiger partial charge in [-0.05, 0) is 62.3 Å². The molecule has 4 heteroatoms. The molecule has 0 bridgehead atoms. The maximum atomic E-state index is 5.69. The van der Waals surface area contributed by atoms with E-state index in [4.69, 9.17) is 10.6 Å². The minimum absolute atomic E-state index is 0.245. The van der Waals surface area contributed by atoms with E-state index in [1.807, 2.05) is 0 Å². The maximum absolute atomic E-state index is 5.69. The number of hydrazone groups is 1. The zero-order valence-corrected chi connectivity index (χ0v) is 15.0. The molecule has 4 nitrogen and oxygen atoms in total. The zero-order chi connectivity index (χ0) is 17.5. The summed E-state index contributed by atoms with van der Waals surface area (Å²) in [5.41, 5.74) is 4.30. The first-order valence-corrected chi connectivity index (χ1v) is 9.24. The molecular formula is C21H27N3O. The Morgan fingerprint density at radius 2 is 2.20 bits per heavy atom. The molecule has 1 atom stereocenters. The second-order valence-corrected chi connectivity index (χ2v) is 6.96. The van der Waals surface area contributed by atoms with E-state index in [1.54, 1.807) is 6.21 Å². The number of hydrogen-bond donors (Lipinski definition) is 1. The van der Waals surface area contributed by atoms with Crippen molar-refractivity contribution in [2.45, 2.75) is 51.6 Å². The molecule has 2 N–H and O–H groups in total. The molecule has 0 aromatic heterocycles. The lowest BCUT2D eigenvalue weighted by atomic mass is 10.0. The molecular weight excluding hydrogens is 310 g/mol. The second kappa shape index (κ2) is 8.82. The van der Waals surface area contributed by atoms with E-state index in [1.165, 1.54) is 30.4 Å². The van der Waals surface area contributed by atoms with Gasteiger partial charge in [-0.2, -0.15) is 5.10 Å². The third-order valence-corrected chi connectivity index (χ3v) is 4.70. The van der Waals surface area contributed by atoms with Gasteiger partial charge in [0.2, 0.25) is 0 Å². The first-order valence-electron chi connectivity index (χ1n) is 9.24. The highest BCUT2D eigenvalue weighted by Crippen LogP contribution is 2.27. The molecule has 0 amide bonds. The molecule has 0 spiro atoms. The van der Waals surface area contributed by atoms with Crippen LogP contribution in [0.1, 0.15) is 48.8 Å². The van der Waals surface area contributed by atoms with Crippen molar-refractivity contribution in [1.82, 2.24) is 0 Å². The van der Waals surface area contributed by atoms with Gasteiger partial charge in [0, 0.05) is 30.7 Å². The third-order valence-electron chi connectivity index (χ3n) is 4.70. The molecule has 1 aliphatic carbocycles. The van der Waals surface area contributed by atoms with E-state index in [0.29, 0.717) is 18.9 Å². The van der Waals surface area contributed by atoms with Crippen LogP contribution in [-0.4, -0.2) is 31.2 Å². The van der Waals surface area contributed by atoms with Gasteiger partial charge in [0.05, 0.1) is 18.4 Å². The average Bonchev–Trinajstić information content (AvgIpc) is 3.46. The molecule has 2 aliphatic rings. The van der Waals surface area contributed by atoms with E-state index in [2.05, 4.69) is 47.1 Å². The summed E-state index contributed by atoms with van der Waals surface area (Å²) in [5, 5.41) is 3.90. The van der Waals surface area contributed by atoms with Gasteiger partial charge in [-0.25, -0.2) is 0 Å². The Morgan fingerprint density at radius 1 is 1.32 bits per heavy atom. The van der Waals surface area contributed by atoms with Gasteiger partial charge in [0.15, 0.2) is 0 Å². The maximum Gasteiger partial charge on any atom is 0.0822 e. The summed E-state index contributed by atoms with van der Waals surface area (Å²) in [6, 6.07) is 6.35. The lowest BCUT2D eigenvalue weighted by Crippen LogP contribution is -2.22. The molecule has 132 valence electrons. The van der Waals surface area contributed by atoms with Crippen LogP contribution in [-0.2, 0) is 11.2 Å². The summed E-state index contributed by atoms with van der Waals surface area (Å²) in [6.45, 7) is 3.65. The predicted octanol–water partition coefficient (Wildman–Crippen LogP) is 3.25. The monoisotopic (exact) mass is 337 g/mol. The lowest BCUT2D eigenvalue weighted by molar-refractivity contribution is 0.0226. The van der Waals surface area contributed by atoms with Gasteiger partial charge in [-0.3, -0.25) is 4.99 Å². The van der Waals surface area contributed by atoms with Gasteiger partial charge in [0.1, 0.15) is 0 Å². The van der Waals surface area contributed by atoms with Crippen LogP contribution in [0.2, 0.25) is 0 Å². The van der Waals surface area contributed by atoms with Crippen LogP contribution < -0.4 is 5.84 Å². The van der Waals surface area contributed by atoms with Crippen molar-refractivity contribution in [3.8, 4) is 11.8 Å². The van der Waals surface area contributed by atoms with E-state index >= 15 is 0 Å². The molecule has 2 fully saturated rings. The van der Waals surface area contributed by atoms with Gasteiger partial charge in [0.25, 0.3) is 0 Å². The van der Waals surface area contributed by atoms with Crippen molar-refractivity contribution in [3.05, 3.63) is 34.9 Å². The Hall–Kier alpha value is -2.12. The summed E-state index contributed by atoms with van der Waals surface area (Å²) in [4.78, 5) is 4.48. The summed E-state index contributed by atoms with van der Waals surface area (Å²) >= 11 is 0. The van der Waals surface area contributed by atoms with E-state index in [0.717, 1.165) is 30.7 Å². The number of benzene rings is 1. The molecule has 0 radical (unpaired) electrons. The van der Waals surface area contributed by atoms with Crippen molar-refractivity contribution in [2.75, 3.05) is 13.2 Å². The fraction of sp³-hybridized carbons (Fsp3) is 0.524. The fourth-order valence-electron chi connectivity index (χ4n) is 2.93. The van der Waals surface area contributed by atoms with Crippen LogP contribution in [0.25, 0.3) is 0 Å². The van der Waals surface area contributed by atoms with Crippen molar-refractivity contribution in [3.63, 3.8) is 0 Å². The van der Waals surface area contributed by atoms with E-state index in [-0.39, 0.29) is 6.10 Å². The SMILES string of the molecule is Cc1cc(C#CC2CC2)ccc1C/C(C=NCC1CCCCO1)=N/N. The summed E-state index contributed by atoms with van der Waals surface area (Å²) in [6.07, 6.45) is 8.72. The average molecular weight is 337 g/mol. The lowest BCUT2D eigenvalue weighted by Gasteiger charge is -2.20. The van der Waals surface area contributed by atoms with E-state index < -0.39 is 0 Å². The van der Waals surface area contributed by atoms with Crippen molar-refractivity contribution >= 4 is 11.9 Å². The molecule has 1 aromatic carbocycles. The van der Waals surface area contributed by atoms with Crippen LogP contribution in [0.5, 0.6) is 0 Å². The first kappa shape index (κ1) is 17.7. The van der Waals surface area contributed by atoms with Crippen LogP contribution in [0, 0.1) is 24.7 Å². The molecule has 25 heavy (non-hydrogen) atoms. The number of nitrogens with two attached hydrogens (primary N) is 1. The molecule has 1 aliphatic heterocycles. The Kier molecular flexibility index (Phi) is 6.25. The van der Waals surface area contributed by atoms with Gasteiger partial charge < -0.3 is 10.6 Å². The quantitative estimate of drug-likeness (QED) is 0.388. The van der Waals surface area contributed by atoms with Crippen LogP contribution >= 0.6 is 0 Å².